The van der Waals surface area contributed by atoms with E-state index in [1.165, 1.54) is 24.3 Å². The molecular formula is C42H48F4N4O7. The van der Waals surface area contributed by atoms with E-state index in [2.05, 4.69) is 28.3 Å². The molecule has 57 heavy (non-hydrogen) atoms. The normalized spacial score (nSPS) is 13.6. The lowest BCUT2D eigenvalue weighted by molar-refractivity contribution is -0.299. The monoisotopic (exact) mass is 796 g/mol. The molecule has 0 saturated heterocycles. The Kier molecular flexibility index (Phi) is 14.0. The lowest BCUT2D eigenvalue weighted by Gasteiger charge is -2.32. The van der Waals surface area contributed by atoms with E-state index in [0.717, 1.165) is 5.56 Å². The van der Waals surface area contributed by atoms with Crippen LogP contribution in [0.25, 0.3) is 11.6 Å². The third-order valence-electron chi connectivity index (χ3n) is 8.08. The third kappa shape index (κ3) is 11.7. The molecule has 1 unspecified atom stereocenters. The molecular weight excluding hydrogens is 748 g/mol. The van der Waals surface area contributed by atoms with Crippen molar-refractivity contribution in [2.75, 3.05) is 4.90 Å². The van der Waals surface area contributed by atoms with E-state index in [1.54, 1.807) is 97.0 Å². The van der Waals surface area contributed by atoms with Crippen molar-refractivity contribution < 1.29 is 50.5 Å². The predicted molar refractivity (Wildman–Crippen MR) is 205 cm³/mol. The second-order valence-corrected chi connectivity index (χ2v) is 15.2. The van der Waals surface area contributed by atoms with Crippen LogP contribution in [0.5, 0.6) is 5.88 Å². The molecule has 2 aromatic heterocycles. The van der Waals surface area contributed by atoms with Crippen LogP contribution < -0.4 is 9.64 Å². The molecule has 2 atom stereocenters. The van der Waals surface area contributed by atoms with Crippen LogP contribution in [-0.4, -0.2) is 50.9 Å². The van der Waals surface area contributed by atoms with E-state index < -0.39 is 77.6 Å². The number of imide groups is 1. The standard InChI is InChI=1S/C42H48F4N4O7/c1-10-12-23-41(42(44,45)46,53-26-29-17-14-13-15-18-29)36-49-48-35(55-36)33-32(50(37(51)56-39(4,5)6)38(52)57-40(7,8)9)24-27(3)34(47-33)54-31(16-11-2)25-28-19-21-30(43)22-20-28/h10-11,13-15,17-22,24,31H,1-2,12,16,23,25-26H2,3-9H3/t31?,41-/m1/s1. The van der Waals surface area contributed by atoms with Gasteiger partial charge in [0, 0.05) is 18.4 Å². The zero-order valence-electron chi connectivity index (χ0n) is 33.1. The zero-order valence-corrected chi connectivity index (χ0v) is 33.1. The number of hydrogen-bond acceptors (Lipinski definition) is 10. The summed E-state index contributed by atoms with van der Waals surface area (Å²) in [5.74, 6) is -2.04. The van der Waals surface area contributed by atoms with Crippen LogP contribution in [-0.2, 0) is 32.8 Å². The van der Waals surface area contributed by atoms with E-state index in [-0.39, 0.29) is 24.4 Å². The smallest absolute Gasteiger partial charge is 0.426 e. The van der Waals surface area contributed by atoms with E-state index >= 15 is 13.2 Å². The first kappa shape index (κ1) is 44.1. The van der Waals surface area contributed by atoms with Gasteiger partial charge >= 0.3 is 18.4 Å². The van der Waals surface area contributed by atoms with Gasteiger partial charge in [-0.2, -0.15) is 18.1 Å². The maximum atomic E-state index is 15.3. The van der Waals surface area contributed by atoms with Gasteiger partial charge < -0.3 is 23.4 Å². The highest BCUT2D eigenvalue weighted by atomic mass is 19.4. The molecule has 0 saturated carbocycles. The molecule has 4 aromatic rings. The van der Waals surface area contributed by atoms with Crippen molar-refractivity contribution in [1.82, 2.24) is 15.2 Å². The summed E-state index contributed by atoms with van der Waals surface area (Å²) in [6.45, 7) is 18.0. The fourth-order valence-corrected chi connectivity index (χ4v) is 5.47. The Labute approximate surface area is 329 Å². The third-order valence-corrected chi connectivity index (χ3v) is 8.08. The maximum Gasteiger partial charge on any atom is 0.426 e. The van der Waals surface area contributed by atoms with Gasteiger partial charge in [0.1, 0.15) is 23.1 Å². The number of amides is 2. The summed E-state index contributed by atoms with van der Waals surface area (Å²) in [5.41, 5.74) is -4.57. The molecule has 15 heteroatoms. The molecule has 2 amide bonds. The van der Waals surface area contributed by atoms with Gasteiger partial charge in [-0.05, 0) is 90.6 Å². The largest absolute Gasteiger partial charge is 0.473 e. The minimum Gasteiger partial charge on any atom is -0.473 e. The van der Waals surface area contributed by atoms with Crippen LogP contribution in [0.3, 0.4) is 0 Å². The molecule has 0 bridgehead atoms. The maximum absolute atomic E-state index is 15.3. The molecule has 306 valence electrons. The lowest BCUT2D eigenvalue weighted by Crippen LogP contribution is -2.45. The SMILES string of the molecule is C=CCC[C@@](OCc1ccccc1)(c1nnc(-c2nc(OC(CC=C)Cc3ccc(F)cc3)c(C)cc2N(C(=O)OC(C)(C)C)C(=O)OC(C)(C)C)o1)C(F)(F)F. The average Bonchev–Trinajstić information content (AvgIpc) is 3.59. The highest BCUT2D eigenvalue weighted by Crippen LogP contribution is 2.47. The van der Waals surface area contributed by atoms with Crippen LogP contribution in [0.1, 0.15) is 83.4 Å². The number of benzene rings is 2. The van der Waals surface area contributed by atoms with Crippen LogP contribution >= 0.6 is 0 Å². The van der Waals surface area contributed by atoms with Crippen molar-refractivity contribution in [3.63, 3.8) is 0 Å². The number of carbonyl (C=O) groups is 2. The molecule has 0 fully saturated rings. The highest BCUT2D eigenvalue weighted by molar-refractivity contribution is 6.11. The van der Waals surface area contributed by atoms with Crippen LogP contribution in [0.2, 0.25) is 0 Å². The summed E-state index contributed by atoms with van der Waals surface area (Å²) < 4.78 is 88.6. The van der Waals surface area contributed by atoms with Gasteiger partial charge in [0.05, 0.1) is 12.3 Å². The molecule has 11 nitrogen and oxygen atoms in total. The number of aromatic nitrogens is 3. The molecule has 0 radical (unpaired) electrons. The van der Waals surface area contributed by atoms with E-state index in [4.69, 9.17) is 23.4 Å². The Morgan fingerprint density at radius 2 is 1.49 bits per heavy atom. The number of anilines is 1. The van der Waals surface area contributed by atoms with Crippen molar-refractivity contribution in [2.45, 2.75) is 110 Å². The lowest BCUT2D eigenvalue weighted by atomic mass is 9.96. The van der Waals surface area contributed by atoms with Gasteiger partial charge in [-0.1, -0.05) is 54.6 Å². The van der Waals surface area contributed by atoms with Crippen molar-refractivity contribution in [1.29, 1.82) is 0 Å². The van der Waals surface area contributed by atoms with Crippen LogP contribution in [0.15, 0.2) is 90.4 Å². The number of pyridine rings is 1. The Balaban J connectivity index is 1.95. The number of halogens is 4. The number of hydrogen-bond donors (Lipinski definition) is 0. The Hall–Kier alpha value is -5.57. The van der Waals surface area contributed by atoms with Crippen LogP contribution in [0, 0.1) is 12.7 Å². The van der Waals surface area contributed by atoms with Crippen LogP contribution in [0.4, 0.5) is 32.8 Å². The van der Waals surface area contributed by atoms with E-state index in [1.807, 2.05) is 0 Å². The number of rotatable bonds is 15. The quantitative estimate of drug-likeness (QED) is 0.0847. The highest BCUT2D eigenvalue weighted by Gasteiger charge is 2.61. The van der Waals surface area contributed by atoms with Crippen molar-refractivity contribution in [3.05, 3.63) is 114 Å². The van der Waals surface area contributed by atoms with Gasteiger partial charge in [-0.3, -0.25) is 0 Å². The van der Waals surface area contributed by atoms with Gasteiger partial charge in [-0.25, -0.2) is 19.0 Å². The number of alkyl halides is 3. The zero-order chi connectivity index (χ0) is 42.2. The van der Waals surface area contributed by atoms with Gasteiger partial charge in [0.25, 0.3) is 11.8 Å². The Bertz CT molecular complexity index is 1980. The minimum atomic E-state index is -5.08. The van der Waals surface area contributed by atoms with E-state index in [9.17, 15) is 14.0 Å². The number of carbonyl (C=O) groups excluding carboxylic acids is 2. The molecule has 2 aromatic carbocycles. The Morgan fingerprint density at radius 3 is 2.04 bits per heavy atom. The summed E-state index contributed by atoms with van der Waals surface area (Å²) in [4.78, 5) is 32.9. The summed E-state index contributed by atoms with van der Waals surface area (Å²) in [7, 11) is 0. The minimum absolute atomic E-state index is 0.0511. The van der Waals surface area contributed by atoms with Crippen molar-refractivity contribution in [2.24, 2.45) is 0 Å². The summed E-state index contributed by atoms with van der Waals surface area (Å²) in [6.07, 6.45) is -5.38. The summed E-state index contributed by atoms with van der Waals surface area (Å²) in [5, 5.41) is 7.82. The van der Waals surface area contributed by atoms with Gasteiger partial charge in [0.15, 0.2) is 5.69 Å². The number of ether oxygens (including phenoxy) is 4. The first-order valence-electron chi connectivity index (χ1n) is 18.2. The average molecular weight is 797 g/mol. The number of allylic oxidation sites excluding steroid dienone is 1. The second-order valence-electron chi connectivity index (χ2n) is 15.2. The molecule has 4 rings (SSSR count). The fourth-order valence-electron chi connectivity index (χ4n) is 5.47. The molecule has 2 heterocycles. The van der Waals surface area contributed by atoms with Gasteiger partial charge in [-0.15, -0.1) is 23.4 Å². The molecule has 0 aliphatic rings. The fraction of sp³-hybridized carbons (Fsp3) is 0.405. The molecule has 0 spiro atoms. The summed E-state index contributed by atoms with van der Waals surface area (Å²) >= 11 is 0. The first-order chi connectivity index (χ1) is 26.7. The molecule has 0 aliphatic carbocycles. The van der Waals surface area contributed by atoms with Crippen molar-refractivity contribution >= 4 is 17.9 Å². The van der Waals surface area contributed by atoms with E-state index in [0.29, 0.717) is 22.4 Å². The predicted octanol–water partition coefficient (Wildman–Crippen LogP) is 10.8. The Morgan fingerprint density at radius 1 is 0.877 bits per heavy atom. The summed E-state index contributed by atoms with van der Waals surface area (Å²) in [6, 6.07) is 15.4. The van der Waals surface area contributed by atoms with Crippen molar-refractivity contribution in [3.8, 4) is 17.5 Å². The number of nitrogens with zero attached hydrogens (tertiary/aromatic N) is 4. The topological polar surface area (TPSA) is 126 Å². The number of aryl methyl sites for hydroxylation is 1. The molecule has 0 N–H and O–H groups in total. The van der Waals surface area contributed by atoms with Gasteiger partial charge in [0.2, 0.25) is 11.5 Å². The first-order valence-corrected chi connectivity index (χ1v) is 18.2. The molecule has 0 aliphatic heterocycles. The second kappa shape index (κ2) is 18.1.